The van der Waals surface area contributed by atoms with Crippen molar-refractivity contribution >= 4 is 29.4 Å². The summed E-state index contributed by atoms with van der Waals surface area (Å²) in [4.78, 5) is 39.1. The molecule has 2 aromatic rings. The van der Waals surface area contributed by atoms with E-state index in [1.807, 2.05) is 31.2 Å². The predicted octanol–water partition coefficient (Wildman–Crippen LogP) is 2.33. The Hall–Kier alpha value is -3.03. The van der Waals surface area contributed by atoms with Gasteiger partial charge in [0.1, 0.15) is 0 Å². The average molecular weight is 366 g/mol. The predicted molar refractivity (Wildman–Crippen MR) is 99.8 cm³/mol. The molecule has 1 aliphatic heterocycles. The number of aryl methyl sites for hydroxylation is 1. The lowest BCUT2D eigenvalue weighted by atomic mass is 9.84. The Balaban J connectivity index is 1.56. The lowest BCUT2D eigenvalue weighted by Gasteiger charge is -2.20. The summed E-state index contributed by atoms with van der Waals surface area (Å²) < 4.78 is 0. The number of nitrogen functional groups attached to an aromatic ring is 1. The van der Waals surface area contributed by atoms with Crippen LogP contribution in [-0.4, -0.2) is 31.7 Å². The number of benzene rings is 1. The average Bonchev–Trinajstić information content (AvgIpc) is 3.18. The van der Waals surface area contributed by atoms with Gasteiger partial charge in [0.15, 0.2) is 5.82 Å². The van der Waals surface area contributed by atoms with Crippen LogP contribution in [0.5, 0.6) is 0 Å². The van der Waals surface area contributed by atoms with Crippen LogP contribution in [0.25, 0.3) is 0 Å². The molecule has 1 saturated heterocycles. The molecule has 2 amide bonds. The van der Waals surface area contributed by atoms with Crippen LogP contribution in [0.3, 0.4) is 0 Å². The van der Waals surface area contributed by atoms with Crippen molar-refractivity contribution in [1.82, 2.24) is 19.9 Å². The van der Waals surface area contributed by atoms with Crippen molar-refractivity contribution < 1.29 is 9.59 Å². The molecular weight excluding hydrogens is 344 g/mol. The molecule has 8 nitrogen and oxygen atoms in total. The third-order valence-corrected chi connectivity index (χ3v) is 5.44. The van der Waals surface area contributed by atoms with Gasteiger partial charge in [-0.3, -0.25) is 14.5 Å². The molecule has 2 fully saturated rings. The van der Waals surface area contributed by atoms with Gasteiger partial charge in [0.2, 0.25) is 23.7 Å². The number of nitrogens with zero attached hydrogens (tertiary/aromatic N) is 4. The molecular formula is C19H22N6O2. The highest BCUT2D eigenvalue weighted by Gasteiger charge is 2.52. The summed E-state index contributed by atoms with van der Waals surface area (Å²) in [6.45, 7) is 1.99. The van der Waals surface area contributed by atoms with E-state index in [2.05, 4.69) is 20.3 Å². The van der Waals surface area contributed by atoms with Gasteiger partial charge in [-0.15, -0.1) is 0 Å². The van der Waals surface area contributed by atoms with Gasteiger partial charge < -0.3 is 11.1 Å². The van der Waals surface area contributed by atoms with E-state index in [4.69, 9.17) is 5.73 Å². The van der Waals surface area contributed by atoms with Crippen molar-refractivity contribution in [3.8, 4) is 0 Å². The maximum Gasteiger partial charge on any atom is 0.236 e. The monoisotopic (exact) mass is 366 g/mol. The molecule has 1 saturated carbocycles. The van der Waals surface area contributed by atoms with E-state index in [9.17, 15) is 9.59 Å². The molecule has 2 aliphatic rings. The van der Waals surface area contributed by atoms with Gasteiger partial charge in [-0.05, 0) is 31.4 Å². The molecule has 27 heavy (non-hydrogen) atoms. The number of nitrogens with two attached hydrogens (primary N) is 1. The first-order chi connectivity index (χ1) is 13.0. The van der Waals surface area contributed by atoms with E-state index in [-0.39, 0.29) is 24.3 Å². The van der Waals surface area contributed by atoms with Crippen LogP contribution in [-0.2, 0) is 16.1 Å². The van der Waals surface area contributed by atoms with Crippen molar-refractivity contribution in [2.75, 3.05) is 11.1 Å². The smallest absolute Gasteiger partial charge is 0.236 e. The standard InChI is InChI=1S/C19H22N6O2/c1-12-6-2-3-7-13(12)21-18-23-14(22-17(20)24-18)11-25-15(26)10-19(16(25)27)8-4-5-9-19/h2-3,6-7H,4-5,8-11H2,1H3,(H3,20,21,22,23,24). The van der Waals surface area contributed by atoms with Crippen LogP contribution in [0.15, 0.2) is 24.3 Å². The fourth-order valence-corrected chi connectivity index (χ4v) is 4.00. The van der Waals surface area contributed by atoms with Gasteiger partial charge >= 0.3 is 0 Å². The first-order valence-corrected chi connectivity index (χ1v) is 9.15. The van der Waals surface area contributed by atoms with E-state index in [1.165, 1.54) is 4.90 Å². The first kappa shape index (κ1) is 17.4. The van der Waals surface area contributed by atoms with Crippen molar-refractivity contribution in [3.63, 3.8) is 0 Å². The lowest BCUT2D eigenvalue weighted by Crippen LogP contribution is -2.34. The van der Waals surface area contributed by atoms with E-state index in [0.717, 1.165) is 36.9 Å². The van der Waals surface area contributed by atoms with Gasteiger partial charge in [0.05, 0.1) is 12.0 Å². The Morgan fingerprint density at radius 1 is 1.15 bits per heavy atom. The number of carbonyl (C=O) groups excluding carboxylic acids is 2. The molecule has 3 N–H and O–H groups in total. The molecule has 0 unspecified atom stereocenters. The molecule has 2 heterocycles. The van der Waals surface area contributed by atoms with Crippen LogP contribution < -0.4 is 11.1 Å². The molecule has 4 rings (SSSR count). The summed E-state index contributed by atoms with van der Waals surface area (Å²) in [6.07, 6.45) is 3.86. The van der Waals surface area contributed by atoms with Crippen molar-refractivity contribution in [3.05, 3.63) is 35.7 Å². The highest BCUT2D eigenvalue weighted by atomic mass is 16.2. The maximum absolute atomic E-state index is 12.8. The Labute approximate surface area is 157 Å². The number of anilines is 3. The van der Waals surface area contributed by atoms with Crippen molar-refractivity contribution in [2.24, 2.45) is 5.41 Å². The number of likely N-dealkylation sites (tertiary alicyclic amines) is 1. The molecule has 0 bridgehead atoms. The third kappa shape index (κ3) is 3.22. The second-order valence-electron chi connectivity index (χ2n) is 7.32. The molecule has 1 aromatic heterocycles. The summed E-state index contributed by atoms with van der Waals surface area (Å²) >= 11 is 0. The van der Waals surface area contributed by atoms with Gasteiger partial charge in [0.25, 0.3) is 0 Å². The maximum atomic E-state index is 12.8. The Kier molecular flexibility index (Phi) is 4.25. The van der Waals surface area contributed by atoms with E-state index in [0.29, 0.717) is 18.2 Å². The second kappa shape index (κ2) is 6.61. The van der Waals surface area contributed by atoms with Crippen LogP contribution in [0.2, 0.25) is 0 Å². The number of amides is 2. The normalized spacial score (nSPS) is 18.5. The summed E-state index contributed by atoms with van der Waals surface area (Å²) in [5, 5.41) is 3.12. The van der Waals surface area contributed by atoms with Crippen molar-refractivity contribution in [1.29, 1.82) is 0 Å². The first-order valence-electron chi connectivity index (χ1n) is 9.15. The van der Waals surface area contributed by atoms with Crippen LogP contribution in [0, 0.1) is 12.3 Å². The zero-order chi connectivity index (χ0) is 19.0. The van der Waals surface area contributed by atoms with E-state index in [1.54, 1.807) is 0 Å². The Morgan fingerprint density at radius 3 is 2.63 bits per heavy atom. The molecule has 1 spiro atoms. The van der Waals surface area contributed by atoms with E-state index >= 15 is 0 Å². The van der Waals surface area contributed by atoms with Crippen LogP contribution >= 0.6 is 0 Å². The van der Waals surface area contributed by atoms with E-state index < -0.39 is 5.41 Å². The highest BCUT2D eigenvalue weighted by molar-refractivity contribution is 6.05. The Bertz CT molecular complexity index is 907. The number of rotatable bonds is 4. The van der Waals surface area contributed by atoms with Crippen molar-refractivity contribution in [2.45, 2.75) is 45.6 Å². The van der Waals surface area contributed by atoms with Gasteiger partial charge in [-0.25, -0.2) is 0 Å². The number of hydrogen-bond donors (Lipinski definition) is 2. The summed E-state index contributed by atoms with van der Waals surface area (Å²) in [6, 6.07) is 7.73. The van der Waals surface area contributed by atoms with Crippen LogP contribution in [0.4, 0.5) is 17.6 Å². The Morgan fingerprint density at radius 2 is 1.89 bits per heavy atom. The SMILES string of the molecule is Cc1ccccc1Nc1nc(N)nc(CN2C(=O)CC3(CCCC3)C2=O)n1. The largest absolute Gasteiger partial charge is 0.368 e. The highest BCUT2D eigenvalue weighted by Crippen LogP contribution is 2.47. The summed E-state index contributed by atoms with van der Waals surface area (Å²) in [5.74, 6) is 0.384. The minimum atomic E-state index is -0.502. The molecule has 1 aromatic carbocycles. The summed E-state index contributed by atoms with van der Waals surface area (Å²) in [7, 11) is 0. The quantitative estimate of drug-likeness (QED) is 0.798. The molecule has 0 atom stereocenters. The lowest BCUT2D eigenvalue weighted by molar-refractivity contribution is -0.142. The fourth-order valence-electron chi connectivity index (χ4n) is 4.00. The zero-order valence-corrected chi connectivity index (χ0v) is 15.2. The topological polar surface area (TPSA) is 114 Å². The third-order valence-electron chi connectivity index (χ3n) is 5.44. The molecule has 0 radical (unpaired) electrons. The molecule has 140 valence electrons. The number of aromatic nitrogens is 3. The number of carbonyl (C=O) groups is 2. The minimum absolute atomic E-state index is 0.0224. The minimum Gasteiger partial charge on any atom is -0.368 e. The van der Waals surface area contributed by atoms with Gasteiger partial charge in [-0.2, -0.15) is 15.0 Å². The zero-order valence-electron chi connectivity index (χ0n) is 15.2. The van der Waals surface area contributed by atoms with Gasteiger partial charge in [-0.1, -0.05) is 31.0 Å². The number of imide groups is 1. The number of nitrogens with one attached hydrogen (secondary N) is 1. The van der Waals surface area contributed by atoms with Crippen LogP contribution in [0.1, 0.15) is 43.5 Å². The second-order valence-corrected chi connectivity index (χ2v) is 7.32. The van der Waals surface area contributed by atoms with Gasteiger partial charge in [0, 0.05) is 12.1 Å². The number of hydrogen-bond acceptors (Lipinski definition) is 7. The fraction of sp³-hybridized carbons (Fsp3) is 0.421. The summed E-state index contributed by atoms with van der Waals surface area (Å²) in [5.41, 5.74) is 7.21. The number of para-hydroxylation sites is 1. The molecule has 8 heteroatoms. The molecule has 1 aliphatic carbocycles.